The number of nitrogens with one attached hydrogen (secondary N) is 3. The van der Waals surface area contributed by atoms with Crippen LogP contribution >= 0.6 is 0 Å². The molecular weight excluding hydrogens is 630 g/mol. The molecule has 0 saturated heterocycles. The Kier molecular flexibility index (Phi) is 9.73. The van der Waals surface area contributed by atoms with Gasteiger partial charge in [0.15, 0.2) is 12.3 Å². The molecule has 16 heteroatoms. The molecule has 250 valence electrons. The number of aromatic amines is 1. The highest BCUT2D eigenvalue weighted by atomic mass is 19.4. The summed E-state index contributed by atoms with van der Waals surface area (Å²) >= 11 is 0. The number of hydrogen-bond acceptors (Lipinski definition) is 5. The Balaban J connectivity index is 1.37. The van der Waals surface area contributed by atoms with E-state index in [0.717, 1.165) is 25.3 Å². The lowest BCUT2D eigenvalue weighted by Crippen LogP contribution is -2.40. The molecule has 46 heavy (non-hydrogen) atoms. The molecule has 2 aliphatic rings. The lowest BCUT2D eigenvalue weighted by atomic mass is 9.85. The number of nitrogens with zero attached hydrogens (tertiary/aromatic N) is 2. The van der Waals surface area contributed by atoms with Gasteiger partial charge in [0, 0.05) is 24.9 Å². The summed E-state index contributed by atoms with van der Waals surface area (Å²) in [5, 5.41) is 5.35. The minimum atomic E-state index is -4.70. The second-order valence-electron chi connectivity index (χ2n) is 11.7. The molecule has 8 nitrogen and oxygen atoms in total. The number of H-pyrrole nitrogens is 1. The van der Waals surface area contributed by atoms with E-state index in [4.69, 9.17) is 4.74 Å². The number of rotatable bonds is 10. The fourth-order valence-corrected chi connectivity index (χ4v) is 5.67. The van der Waals surface area contributed by atoms with Gasteiger partial charge in [-0.1, -0.05) is 18.6 Å². The van der Waals surface area contributed by atoms with Crippen LogP contribution in [0.3, 0.4) is 0 Å². The second-order valence-corrected chi connectivity index (χ2v) is 11.7. The van der Waals surface area contributed by atoms with Crippen molar-refractivity contribution in [2.75, 3.05) is 6.61 Å². The van der Waals surface area contributed by atoms with Crippen LogP contribution in [0.25, 0.3) is 11.2 Å². The third kappa shape index (κ3) is 8.05. The van der Waals surface area contributed by atoms with Crippen molar-refractivity contribution in [3.05, 3.63) is 52.3 Å². The maximum absolute atomic E-state index is 13.9. The Morgan fingerprint density at radius 1 is 0.978 bits per heavy atom. The fourth-order valence-electron chi connectivity index (χ4n) is 5.67. The Bertz CT molecular complexity index is 1560. The lowest BCUT2D eigenvalue weighted by molar-refractivity contribution is -0.182. The van der Waals surface area contributed by atoms with Crippen LogP contribution in [0.2, 0.25) is 0 Å². The van der Waals surface area contributed by atoms with E-state index < -0.39 is 54.7 Å². The normalized spacial score (nSPS) is 19.2. The third-order valence-electron chi connectivity index (χ3n) is 8.38. The number of carbonyl (C=O) groups excluding carboxylic acids is 2. The van der Waals surface area contributed by atoms with Crippen molar-refractivity contribution in [1.82, 2.24) is 25.6 Å². The minimum absolute atomic E-state index is 0.0199. The van der Waals surface area contributed by atoms with Crippen LogP contribution in [0.4, 0.5) is 35.1 Å². The van der Waals surface area contributed by atoms with Crippen LogP contribution in [-0.4, -0.2) is 52.0 Å². The number of alkyl halides is 8. The van der Waals surface area contributed by atoms with Crippen molar-refractivity contribution in [1.29, 1.82) is 0 Å². The summed E-state index contributed by atoms with van der Waals surface area (Å²) in [6.07, 6.45) is -10.1. The number of halogens is 8. The number of aromatic nitrogens is 3. The molecule has 2 fully saturated rings. The predicted octanol–water partition coefficient (Wildman–Crippen LogP) is 6.48. The van der Waals surface area contributed by atoms with Gasteiger partial charge in [0.05, 0.1) is 17.0 Å². The Labute approximate surface area is 257 Å². The van der Waals surface area contributed by atoms with E-state index in [-0.39, 0.29) is 78.6 Å². The van der Waals surface area contributed by atoms with E-state index in [2.05, 4.69) is 25.6 Å². The highest BCUT2D eigenvalue weighted by molar-refractivity contribution is 5.99. The molecular formula is C30H31F8N5O3. The molecule has 0 spiro atoms. The molecule has 3 N–H and O–H groups in total. The summed E-state index contributed by atoms with van der Waals surface area (Å²) in [4.78, 5) is 36.4. The Hall–Kier alpha value is -3.98. The zero-order valence-electron chi connectivity index (χ0n) is 24.3. The molecule has 0 aliphatic heterocycles. The van der Waals surface area contributed by atoms with E-state index in [1.807, 2.05) is 0 Å². The van der Waals surface area contributed by atoms with Crippen molar-refractivity contribution < 1.29 is 49.4 Å². The molecule has 2 heterocycles. The van der Waals surface area contributed by atoms with Gasteiger partial charge < -0.3 is 20.4 Å². The van der Waals surface area contributed by atoms with Gasteiger partial charge in [0.25, 0.3) is 12.3 Å². The van der Waals surface area contributed by atoms with E-state index in [1.165, 1.54) is 18.2 Å². The van der Waals surface area contributed by atoms with Gasteiger partial charge in [-0.05, 0) is 61.8 Å². The number of ether oxygens (including phenoxy) is 1. The molecule has 2 saturated carbocycles. The molecule has 3 aromatic rings. The van der Waals surface area contributed by atoms with Crippen LogP contribution in [0, 0.1) is 11.8 Å². The molecule has 0 bridgehead atoms. The van der Waals surface area contributed by atoms with Gasteiger partial charge in [0.1, 0.15) is 11.4 Å². The van der Waals surface area contributed by atoms with Crippen molar-refractivity contribution >= 4 is 23.0 Å². The number of fused-ring (bicyclic) bond motifs is 1. The number of amides is 2. The summed E-state index contributed by atoms with van der Waals surface area (Å²) in [6.45, 7) is -1.09. The van der Waals surface area contributed by atoms with Crippen LogP contribution in [0.5, 0.6) is 5.88 Å². The van der Waals surface area contributed by atoms with Gasteiger partial charge in [-0.15, -0.1) is 0 Å². The second kappa shape index (κ2) is 13.4. The van der Waals surface area contributed by atoms with Crippen LogP contribution in [0.1, 0.15) is 77.8 Å². The van der Waals surface area contributed by atoms with Gasteiger partial charge in [-0.3, -0.25) is 9.59 Å². The Morgan fingerprint density at radius 3 is 2.30 bits per heavy atom. The first kappa shape index (κ1) is 33.4. The number of benzene rings is 1. The molecule has 0 atom stereocenters. The smallest absolute Gasteiger partial charge is 0.416 e. The summed E-state index contributed by atoms with van der Waals surface area (Å²) < 4.78 is 112. The molecule has 2 aromatic heterocycles. The van der Waals surface area contributed by atoms with Gasteiger partial charge >= 0.3 is 12.4 Å². The fraction of sp³-hybridized carbons (Fsp3) is 0.533. The first-order valence-electron chi connectivity index (χ1n) is 14.8. The molecule has 0 radical (unpaired) electrons. The predicted molar refractivity (Wildman–Crippen MR) is 148 cm³/mol. The molecule has 2 aliphatic carbocycles. The average molecular weight is 662 g/mol. The van der Waals surface area contributed by atoms with E-state index in [1.54, 1.807) is 0 Å². The first-order chi connectivity index (χ1) is 21.7. The highest BCUT2D eigenvalue weighted by Gasteiger charge is 2.41. The van der Waals surface area contributed by atoms with Crippen LogP contribution < -0.4 is 15.4 Å². The highest BCUT2D eigenvalue weighted by Crippen LogP contribution is 2.38. The summed E-state index contributed by atoms with van der Waals surface area (Å²) in [6, 6.07) is 4.11. The van der Waals surface area contributed by atoms with Crippen molar-refractivity contribution in [2.45, 2.75) is 82.7 Å². The van der Waals surface area contributed by atoms with Crippen molar-refractivity contribution in [3.63, 3.8) is 0 Å². The monoisotopic (exact) mass is 661 g/mol. The zero-order chi connectivity index (χ0) is 33.2. The van der Waals surface area contributed by atoms with Gasteiger partial charge in [-0.2, -0.15) is 31.3 Å². The minimum Gasteiger partial charge on any atom is -0.471 e. The average Bonchev–Trinajstić information content (AvgIpc) is 3.33. The number of carbonyl (C=O) groups is 2. The zero-order valence-corrected chi connectivity index (χ0v) is 24.3. The molecule has 2 amide bonds. The van der Waals surface area contributed by atoms with Crippen LogP contribution in [0.15, 0.2) is 24.3 Å². The van der Waals surface area contributed by atoms with E-state index >= 15 is 0 Å². The maximum atomic E-state index is 13.9. The van der Waals surface area contributed by atoms with E-state index in [9.17, 15) is 44.7 Å². The quantitative estimate of drug-likeness (QED) is 0.216. The van der Waals surface area contributed by atoms with E-state index in [0.29, 0.717) is 5.56 Å². The van der Waals surface area contributed by atoms with Crippen molar-refractivity contribution in [2.24, 2.45) is 11.8 Å². The summed E-state index contributed by atoms with van der Waals surface area (Å²) in [7, 11) is 0. The van der Waals surface area contributed by atoms with Gasteiger partial charge in [-0.25, -0.2) is 13.8 Å². The molecule has 1 aromatic carbocycles. The standard InChI is InChI=1S/C30H31F8N5O3/c31-23(32)14-46-28-20(27(45)40-19-7-5-18(6-8-19)29(33,34)35)12-22-25(43-28)42-24(41-22)11-17-10-15(4-9-21(17)30(36,37)38)13-39-26(44)16-2-1-3-16/h4,9-10,12,16,18-19,23H,1-3,5-8,11,13-14H2,(H,39,44)(H,40,45)(H,41,42,43). The SMILES string of the molecule is O=C(NC1CCC(C(F)(F)F)CC1)c1cc2[nH]c(Cc3cc(CNC(=O)C4CCC4)ccc3C(F)(F)F)nc2nc1OCC(F)F. The number of pyridine rings is 1. The number of hydrogen-bond donors (Lipinski definition) is 3. The number of imidazole rings is 1. The Morgan fingerprint density at radius 2 is 1.70 bits per heavy atom. The molecule has 5 rings (SSSR count). The topological polar surface area (TPSA) is 109 Å². The largest absolute Gasteiger partial charge is 0.471 e. The maximum Gasteiger partial charge on any atom is 0.416 e. The first-order valence-corrected chi connectivity index (χ1v) is 14.8. The summed E-state index contributed by atoms with van der Waals surface area (Å²) in [5.41, 5.74) is -0.932. The molecule has 0 unspecified atom stereocenters. The summed E-state index contributed by atoms with van der Waals surface area (Å²) in [5.74, 6) is -3.03. The lowest BCUT2D eigenvalue weighted by Gasteiger charge is -2.30. The van der Waals surface area contributed by atoms with Crippen molar-refractivity contribution in [3.8, 4) is 5.88 Å². The van der Waals surface area contributed by atoms with Crippen LogP contribution in [-0.2, 0) is 23.9 Å². The third-order valence-corrected chi connectivity index (χ3v) is 8.38. The van der Waals surface area contributed by atoms with Gasteiger partial charge in [0.2, 0.25) is 11.8 Å².